The van der Waals surface area contributed by atoms with Crippen LogP contribution >= 0.6 is 0 Å². The topological polar surface area (TPSA) is 115 Å². The van der Waals surface area contributed by atoms with Crippen molar-refractivity contribution in [2.45, 2.75) is 55.9 Å². The van der Waals surface area contributed by atoms with Crippen LogP contribution in [-0.4, -0.2) is 62.2 Å². The zero-order valence-corrected chi connectivity index (χ0v) is 24.8. The van der Waals surface area contributed by atoms with Crippen LogP contribution in [0.3, 0.4) is 0 Å². The summed E-state index contributed by atoms with van der Waals surface area (Å²) in [4.78, 5) is 20.8. The van der Waals surface area contributed by atoms with E-state index in [1.165, 1.54) is 32.1 Å². The van der Waals surface area contributed by atoms with Gasteiger partial charge in [-0.2, -0.15) is 0 Å². The van der Waals surface area contributed by atoms with Crippen molar-refractivity contribution in [3.8, 4) is 0 Å². The first-order valence-corrected chi connectivity index (χ1v) is 16.4. The quantitative estimate of drug-likeness (QED) is 0.228. The fraction of sp³-hybridized carbons (Fsp3) is 0.438. The Labute approximate surface area is 249 Å². The van der Waals surface area contributed by atoms with E-state index in [2.05, 4.69) is 15.0 Å². The summed E-state index contributed by atoms with van der Waals surface area (Å²) in [5, 5.41) is 13.5. The molecule has 2 heterocycles. The van der Waals surface area contributed by atoms with Gasteiger partial charge in [-0.05, 0) is 79.8 Å². The van der Waals surface area contributed by atoms with E-state index in [9.17, 15) is 18.3 Å². The molecule has 1 aliphatic carbocycles. The molecule has 224 valence electrons. The number of nitrogens with one attached hydrogen (secondary N) is 2. The maximum atomic E-state index is 13.0. The standard InChI is InChI=1S/C32H41N5O4S/c38-31(27-8-3-18-33-23-27)24-34-19-17-26-9-11-28(12-10-26)35-42(40,41)30-15-13-29(14-16-30)37-22-21-36(32(37)39)20-4-7-25-5-1-2-6-25/h3,8-16,18,23,25,31,34-35,38H,1-2,4-7,17,19-22,24H2. The number of pyridine rings is 1. The lowest BCUT2D eigenvalue weighted by Crippen LogP contribution is -2.32. The van der Waals surface area contributed by atoms with E-state index < -0.39 is 16.1 Å². The molecule has 1 saturated heterocycles. The smallest absolute Gasteiger partial charge is 0.324 e. The maximum absolute atomic E-state index is 13.0. The minimum atomic E-state index is -3.78. The van der Waals surface area contributed by atoms with Crippen LogP contribution in [0.15, 0.2) is 78.0 Å². The van der Waals surface area contributed by atoms with Gasteiger partial charge in [0.15, 0.2) is 0 Å². The fourth-order valence-corrected chi connectivity index (χ4v) is 6.88. The SMILES string of the molecule is O=C1N(CCCC2CCCC2)CCN1c1ccc(S(=O)(=O)Nc2ccc(CCNCC(O)c3cccnc3)cc2)cc1. The van der Waals surface area contributed by atoms with Crippen LogP contribution in [0.5, 0.6) is 0 Å². The molecule has 1 atom stereocenters. The number of aromatic nitrogens is 1. The summed E-state index contributed by atoms with van der Waals surface area (Å²) in [5.41, 5.74) is 3.01. The lowest BCUT2D eigenvalue weighted by atomic mass is 10.0. The number of rotatable bonds is 14. The van der Waals surface area contributed by atoms with Crippen molar-refractivity contribution in [2.75, 3.05) is 42.3 Å². The summed E-state index contributed by atoms with van der Waals surface area (Å²) >= 11 is 0. The maximum Gasteiger partial charge on any atom is 0.324 e. The summed E-state index contributed by atoms with van der Waals surface area (Å²) in [6, 6.07) is 17.4. The Morgan fingerprint density at radius 1 is 1.00 bits per heavy atom. The Morgan fingerprint density at radius 2 is 1.76 bits per heavy atom. The van der Waals surface area contributed by atoms with Gasteiger partial charge in [0.05, 0.1) is 11.0 Å². The number of benzene rings is 2. The lowest BCUT2D eigenvalue weighted by Gasteiger charge is -2.19. The predicted octanol–water partition coefficient (Wildman–Crippen LogP) is 4.96. The molecule has 2 aromatic carbocycles. The minimum Gasteiger partial charge on any atom is -0.387 e. The molecule has 2 aliphatic rings. The largest absolute Gasteiger partial charge is 0.387 e. The normalized spacial score (nSPS) is 16.7. The highest BCUT2D eigenvalue weighted by atomic mass is 32.2. The van der Waals surface area contributed by atoms with Crippen LogP contribution in [0.1, 0.15) is 55.8 Å². The summed E-state index contributed by atoms with van der Waals surface area (Å²) in [6.45, 7) is 3.19. The van der Waals surface area contributed by atoms with Crippen molar-refractivity contribution in [3.05, 3.63) is 84.2 Å². The van der Waals surface area contributed by atoms with Crippen molar-refractivity contribution in [2.24, 2.45) is 5.92 Å². The summed E-state index contributed by atoms with van der Waals surface area (Å²) in [5.74, 6) is 0.826. The summed E-state index contributed by atoms with van der Waals surface area (Å²) < 4.78 is 28.7. The van der Waals surface area contributed by atoms with Gasteiger partial charge in [-0.15, -0.1) is 0 Å². The van der Waals surface area contributed by atoms with Gasteiger partial charge in [-0.1, -0.05) is 43.9 Å². The van der Waals surface area contributed by atoms with Crippen molar-refractivity contribution >= 4 is 27.4 Å². The molecular weight excluding hydrogens is 550 g/mol. The molecule has 2 fully saturated rings. The molecular formula is C32H41N5O4S. The van der Waals surface area contributed by atoms with Gasteiger partial charge in [-0.25, -0.2) is 13.2 Å². The van der Waals surface area contributed by atoms with Crippen LogP contribution < -0.4 is 14.9 Å². The van der Waals surface area contributed by atoms with Crippen LogP contribution in [0.4, 0.5) is 16.2 Å². The monoisotopic (exact) mass is 591 g/mol. The number of carbonyl (C=O) groups is 1. The first kappa shape index (κ1) is 30.0. The highest BCUT2D eigenvalue weighted by molar-refractivity contribution is 7.92. The third-order valence-corrected chi connectivity index (χ3v) is 9.67. The van der Waals surface area contributed by atoms with E-state index in [4.69, 9.17) is 0 Å². The second-order valence-electron chi connectivity index (χ2n) is 11.3. The summed E-state index contributed by atoms with van der Waals surface area (Å²) in [6.07, 6.45) is 11.0. The van der Waals surface area contributed by atoms with E-state index in [0.29, 0.717) is 37.6 Å². The molecule has 3 aromatic rings. The first-order chi connectivity index (χ1) is 20.4. The molecule has 0 spiro atoms. The fourth-order valence-electron chi connectivity index (χ4n) is 5.82. The molecule has 10 heteroatoms. The molecule has 1 saturated carbocycles. The Morgan fingerprint density at radius 3 is 2.48 bits per heavy atom. The molecule has 0 bridgehead atoms. The van der Waals surface area contributed by atoms with Crippen molar-refractivity contribution < 1.29 is 18.3 Å². The number of urea groups is 1. The number of amides is 2. The van der Waals surface area contributed by atoms with Gasteiger partial charge >= 0.3 is 6.03 Å². The number of hydrogen-bond donors (Lipinski definition) is 3. The molecule has 9 nitrogen and oxygen atoms in total. The Balaban J connectivity index is 1.07. The number of aliphatic hydroxyl groups is 1. The molecule has 0 radical (unpaired) electrons. The van der Waals surface area contributed by atoms with Crippen LogP contribution in [0, 0.1) is 5.92 Å². The molecule has 1 aromatic heterocycles. The predicted molar refractivity (Wildman–Crippen MR) is 165 cm³/mol. The third kappa shape index (κ3) is 7.87. The second kappa shape index (κ2) is 14.1. The van der Waals surface area contributed by atoms with Crippen LogP contribution in [0.2, 0.25) is 0 Å². The number of hydrogen-bond acceptors (Lipinski definition) is 6. The van der Waals surface area contributed by atoms with Gasteiger partial charge in [0.25, 0.3) is 10.0 Å². The number of sulfonamides is 1. The Bertz CT molecular complexity index is 1400. The average Bonchev–Trinajstić information content (AvgIpc) is 3.66. The highest BCUT2D eigenvalue weighted by Gasteiger charge is 2.29. The van der Waals surface area contributed by atoms with Crippen molar-refractivity contribution in [3.63, 3.8) is 0 Å². The van der Waals surface area contributed by atoms with Crippen molar-refractivity contribution in [1.82, 2.24) is 15.2 Å². The summed E-state index contributed by atoms with van der Waals surface area (Å²) in [7, 11) is -3.78. The number of aliphatic hydroxyl groups excluding tert-OH is 1. The van der Waals surface area contributed by atoms with E-state index in [1.54, 1.807) is 59.8 Å². The van der Waals surface area contributed by atoms with Crippen LogP contribution in [0.25, 0.3) is 0 Å². The highest BCUT2D eigenvalue weighted by Crippen LogP contribution is 2.29. The van der Waals surface area contributed by atoms with Gasteiger partial charge < -0.3 is 15.3 Å². The second-order valence-corrected chi connectivity index (χ2v) is 12.9. The zero-order chi connectivity index (χ0) is 29.4. The molecule has 2 amide bonds. The lowest BCUT2D eigenvalue weighted by molar-refractivity contribution is 0.174. The van der Waals surface area contributed by atoms with E-state index in [0.717, 1.165) is 36.4 Å². The number of nitrogens with zero attached hydrogens (tertiary/aromatic N) is 3. The Kier molecular flexibility index (Phi) is 10.1. The van der Waals surface area contributed by atoms with Crippen molar-refractivity contribution in [1.29, 1.82) is 0 Å². The molecule has 1 unspecified atom stereocenters. The molecule has 1 aliphatic heterocycles. The van der Waals surface area contributed by atoms with Gasteiger partial charge in [0, 0.05) is 55.5 Å². The minimum absolute atomic E-state index is 0.00452. The van der Waals surface area contributed by atoms with Gasteiger partial charge in [0.2, 0.25) is 0 Å². The molecule has 42 heavy (non-hydrogen) atoms. The van der Waals surface area contributed by atoms with Gasteiger partial charge in [0.1, 0.15) is 0 Å². The van der Waals surface area contributed by atoms with Crippen LogP contribution in [-0.2, 0) is 16.4 Å². The van der Waals surface area contributed by atoms with E-state index in [1.807, 2.05) is 23.1 Å². The molecule has 5 rings (SSSR count). The average molecular weight is 592 g/mol. The zero-order valence-electron chi connectivity index (χ0n) is 24.0. The first-order valence-electron chi connectivity index (χ1n) is 15.0. The number of carbonyl (C=O) groups excluding carboxylic acids is 1. The van der Waals surface area contributed by atoms with E-state index >= 15 is 0 Å². The third-order valence-electron chi connectivity index (χ3n) is 8.27. The van der Waals surface area contributed by atoms with E-state index in [-0.39, 0.29) is 10.9 Å². The number of anilines is 2. The van der Waals surface area contributed by atoms with Gasteiger partial charge in [-0.3, -0.25) is 14.6 Å². The molecule has 3 N–H and O–H groups in total. The Hall–Kier alpha value is -3.47.